The van der Waals surface area contributed by atoms with Crippen molar-refractivity contribution < 1.29 is 4.79 Å². The van der Waals surface area contributed by atoms with Crippen molar-refractivity contribution >= 4 is 21.8 Å². The van der Waals surface area contributed by atoms with Gasteiger partial charge in [-0.2, -0.15) is 0 Å². The Labute approximate surface area is 141 Å². The number of hydrogen-bond acceptors (Lipinski definition) is 1. The Morgan fingerprint density at radius 1 is 1.14 bits per heavy atom. The average molecular weight is 362 g/mol. The summed E-state index contributed by atoms with van der Waals surface area (Å²) >= 11 is 3.60. The molecule has 0 unspecified atom stereocenters. The van der Waals surface area contributed by atoms with Gasteiger partial charge < -0.3 is 4.90 Å². The van der Waals surface area contributed by atoms with Crippen LogP contribution >= 0.6 is 15.9 Å². The molecule has 4 bridgehead atoms. The first-order chi connectivity index (χ1) is 10.6. The summed E-state index contributed by atoms with van der Waals surface area (Å²) in [5.74, 6) is 2.88. The van der Waals surface area contributed by atoms with E-state index in [-0.39, 0.29) is 5.41 Å². The summed E-state index contributed by atoms with van der Waals surface area (Å²) in [5.41, 5.74) is 1.17. The molecular weight excluding hydrogens is 338 g/mol. The first-order valence-corrected chi connectivity index (χ1v) is 9.34. The molecule has 3 heteroatoms. The second kappa shape index (κ2) is 5.36. The molecule has 2 nitrogen and oxygen atoms in total. The SMILES string of the molecule is CN(Cc1ccccc1Br)C(=O)C12CC3CC(CC(C3)C1)C2. The third-order valence-electron chi connectivity index (χ3n) is 6.20. The minimum Gasteiger partial charge on any atom is -0.341 e. The van der Waals surface area contributed by atoms with Gasteiger partial charge >= 0.3 is 0 Å². The molecule has 4 fully saturated rings. The van der Waals surface area contributed by atoms with Crippen molar-refractivity contribution in [2.45, 2.75) is 45.1 Å². The number of carbonyl (C=O) groups excluding carboxylic acids is 1. The molecule has 4 aliphatic rings. The number of hydrogen-bond donors (Lipinski definition) is 0. The van der Waals surface area contributed by atoms with Crippen LogP contribution in [0.3, 0.4) is 0 Å². The molecule has 0 heterocycles. The highest BCUT2D eigenvalue weighted by atomic mass is 79.9. The predicted molar refractivity (Wildman–Crippen MR) is 91.2 cm³/mol. The number of carbonyl (C=O) groups is 1. The fourth-order valence-electron chi connectivity index (χ4n) is 5.73. The zero-order chi connectivity index (χ0) is 15.3. The highest BCUT2D eigenvalue weighted by Crippen LogP contribution is 2.60. The molecule has 0 spiro atoms. The summed E-state index contributed by atoms with van der Waals surface area (Å²) in [7, 11) is 1.99. The lowest BCUT2D eigenvalue weighted by Gasteiger charge is -2.56. The summed E-state index contributed by atoms with van der Waals surface area (Å²) in [6.45, 7) is 0.710. The fraction of sp³-hybridized carbons (Fsp3) is 0.632. The van der Waals surface area contributed by atoms with Crippen LogP contribution in [-0.2, 0) is 11.3 Å². The zero-order valence-corrected chi connectivity index (χ0v) is 14.8. The van der Waals surface area contributed by atoms with Gasteiger partial charge in [0.1, 0.15) is 0 Å². The molecule has 0 atom stereocenters. The van der Waals surface area contributed by atoms with E-state index in [1.54, 1.807) is 0 Å². The van der Waals surface area contributed by atoms with Gasteiger partial charge in [0.25, 0.3) is 0 Å². The topological polar surface area (TPSA) is 20.3 Å². The third-order valence-corrected chi connectivity index (χ3v) is 6.98. The maximum Gasteiger partial charge on any atom is 0.228 e. The van der Waals surface area contributed by atoms with Crippen LogP contribution in [-0.4, -0.2) is 17.9 Å². The van der Waals surface area contributed by atoms with Crippen LogP contribution in [0.4, 0.5) is 0 Å². The Balaban J connectivity index is 1.53. The van der Waals surface area contributed by atoms with E-state index in [0.29, 0.717) is 12.5 Å². The lowest BCUT2D eigenvalue weighted by molar-refractivity contribution is -0.156. The second-order valence-corrected chi connectivity index (χ2v) is 8.80. The minimum absolute atomic E-state index is 0.0231. The van der Waals surface area contributed by atoms with Crippen molar-refractivity contribution in [2.75, 3.05) is 7.05 Å². The average Bonchev–Trinajstić information content (AvgIpc) is 2.47. The highest BCUT2D eigenvalue weighted by Gasteiger charge is 2.55. The molecule has 4 saturated carbocycles. The van der Waals surface area contributed by atoms with Crippen molar-refractivity contribution in [3.63, 3.8) is 0 Å². The van der Waals surface area contributed by atoms with Crippen molar-refractivity contribution in [1.29, 1.82) is 0 Å². The predicted octanol–water partition coefficient (Wildman–Crippen LogP) is 4.62. The molecule has 0 saturated heterocycles. The first-order valence-electron chi connectivity index (χ1n) is 8.55. The molecule has 1 amide bonds. The molecule has 0 N–H and O–H groups in total. The standard InChI is InChI=1S/C19H24BrNO/c1-21(12-16-4-2-3-5-17(16)20)18(22)19-9-13-6-14(10-19)8-15(7-13)11-19/h2-5,13-15H,6-12H2,1H3. The van der Waals surface area contributed by atoms with Gasteiger partial charge in [-0.3, -0.25) is 4.79 Å². The Hall–Kier alpha value is -0.830. The molecule has 5 rings (SSSR count). The third kappa shape index (κ3) is 2.42. The number of nitrogens with zero attached hydrogens (tertiary/aromatic N) is 1. The van der Waals surface area contributed by atoms with Crippen molar-refractivity contribution in [2.24, 2.45) is 23.2 Å². The normalized spacial score (nSPS) is 35.6. The van der Waals surface area contributed by atoms with E-state index >= 15 is 0 Å². The Morgan fingerprint density at radius 2 is 1.68 bits per heavy atom. The molecular formula is C19H24BrNO. The van der Waals surface area contributed by atoms with Crippen LogP contribution in [0, 0.1) is 23.2 Å². The second-order valence-electron chi connectivity index (χ2n) is 7.95. The first kappa shape index (κ1) is 14.7. The summed E-state index contributed by atoms with van der Waals surface area (Å²) < 4.78 is 1.10. The number of amides is 1. The maximum absolute atomic E-state index is 13.2. The van der Waals surface area contributed by atoms with E-state index in [2.05, 4.69) is 28.1 Å². The smallest absolute Gasteiger partial charge is 0.228 e. The molecule has 4 aliphatic carbocycles. The highest BCUT2D eigenvalue weighted by molar-refractivity contribution is 9.10. The van der Waals surface area contributed by atoms with E-state index in [1.807, 2.05) is 24.1 Å². The molecule has 0 radical (unpaired) electrons. The van der Waals surface area contributed by atoms with Crippen LogP contribution in [0.5, 0.6) is 0 Å². The summed E-state index contributed by atoms with van der Waals surface area (Å²) in [6.07, 6.45) is 7.62. The summed E-state index contributed by atoms with van der Waals surface area (Å²) in [6, 6.07) is 8.23. The Bertz CT molecular complexity index is 562. The van der Waals surface area contributed by atoms with Gasteiger partial charge in [0.2, 0.25) is 5.91 Å². The van der Waals surface area contributed by atoms with E-state index in [1.165, 1.54) is 24.8 Å². The maximum atomic E-state index is 13.2. The molecule has 0 aliphatic heterocycles. The van der Waals surface area contributed by atoms with Crippen LogP contribution in [0.2, 0.25) is 0 Å². The van der Waals surface area contributed by atoms with Gasteiger partial charge in [-0.25, -0.2) is 0 Å². The van der Waals surface area contributed by atoms with Crippen LogP contribution in [0.1, 0.15) is 44.1 Å². The van der Waals surface area contributed by atoms with Gasteiger partial charge in [0, 0.05) is 18.1 Å². The zero-order valence-electron chi connectivity index (χ0n) is 13.2. The lowest BCUT2D eigenvalue weighted by Crippen LogP contribution is -2.53. The van der Waals surface area contributed by atoms with Crippen molar-refractivity contribution in [3.8, 4) is 0 Å². The van der Waals surface area contributed by atoms with Crippen LogP contribution < -0.4 is 0 Å². The largest absolute Gasteiger partial charge is 0.341 e. The quantitative estimate of drug-likeness (QED) is 0.768. The van der Waals surface area contributed by atoms with Gasteiger partial charge in [0.15, 0.2) is 0 Å². The molecule has 1 aromatic rings. The molecule has 22 heavy (non-hydrogen) atoms. The van der Waals surface area contributed by atoms with Gasteiger partial charge in [-0.05, 0) is 67.9 Å². The molecule has 1 aromatic carbocycles. The van der Waals surface area contributed by atoms with Crippen molar-refractivity contribution in [3.05, 3.63) is 34.3 Å². The summed E-state index contributed by atoms with van der Waals surface area (Å²) in [4.78, 5) is 15.2. The Kier molecular flexibility index (Phi) is 3.60. The van der Waals surface area contributed by atoms with Gasteiger partial charge in [-0.1, -0.05) is 34.1 Å². The molecule has 0 aromatic heterocycles. The van der Waals surface area contributed by atoms with E-state index in [9.17, 15) is 4.79 Å². The van der Waals surface area contributed by atoms with E-state index in [4.69, 9.17) is 0 Å². The van der Waals surface area contributed by atoms with Gasteiger partial charge in [0.05, 0.1) is 5.41 Å². The van der Waals surface area contributed by atoms with Crippen LogP contribution in [0.25, 0.3) is 0 Å². The van der Waals surface area contributed by atoms with E-state index < -0.39 is 0 Å². The van der Waals surface area contributed by atoms with Gasteiger partial charge in [-0.15, -0.1) is 0 Å². The Morgan fingerprint density at radius 3 is 2.23 bits per heavy atom. The van der Waals surface area contributed by atoms with E-state index in [0.717, 1.165) is 41.5 Å². The number of rotatable bonds is 3. The van der Waals surface area contributed by atoms with Crippen molar-refractivity contribution in [1.82, 2.24) is 4.90 Å². The van der Waals surface area contributed by atoms with Crippen LogP contribution in [0.15, 0.2) is 28.7 Å². The number of halogens is 1. The minimum atomic E-state index is -0.0231. The monoisotopic (exact) mass is 361 g/mol. The summed E-state index contributed by atoms with van der Waals surface area (Å²) in [5, 5.41) is 0. The number of benzene rings is 1. The molecule has 118 valence electrons. The fourth-order valence-corrected chi connectivity index (χ4v) is 6.14. The lowest BCUT2D eigenvalue weighted by atomic mass is 9.49.